The predicted octanol–water partition coefficient (Wildman–Crippen LogP) is 7.00. The highest BCUT2D eigenvalue weighted by Crippen LogP contribution is 2.65. The van der Waals surface area contributed by atoms with Crippen LogP contribution in [0.1, 0.15) is 63.5 Å². The molecule has 4 aliphatic rings. The lowest BCUT2D eigenvalue weighted by atomic mass is 9.49. The minimum Gasteiger partial charge on any atom is -0.458 e. The van der Waals surface area contributed by atoms with Crippen LogP contribution in [0.3, 0.4) is 0 Å². The van der Waals surface area contributed by atoms with Gasteiger partial charge >= 0.3 is 18.3 Å². The van der Waals surface area contributed by atoms with Crippen LogP contribution in [0.2, 0.25) is 0 Å². The second-order valence-corrected chi connectivity index (χ2v) is 11.6. The third-order valence-electron chi connectivity index (χ3n) is 9.58. The fourth-order valence-corrected chi connectivity index (χ4v) is 7.89. The van der Waals surface area contributed by atoms with E-state index < -0.39 is 41.0 Å². The molecule has 1 aromatic rings. The van der Waals surface area contributed by atoms with Crippen molar-refractivity contribution >= 4 is 17.6 Å². The van der Waals surface area contributed by atoms with Crippen LogP contribution in [0.15, 0.2) is 30.4 Å². The van der Waals surface area contributed by atoms with Crippen LogP contribution in [-0.2, 0) is 26.7 Å². The fraction of sp³-hybridized carbons (Fsp3) is 0.630. The lowest BCUT2D eigenvalue weighted by Gasteiger charge is -2.57. The van der Waals surface area contributed by atoms with Gasteiger partial charge in [-0.3, -0.25) is 4.79 Å². The molecule has 4 nitrogen and oxygen atoms in total. The maximum atomic E-state index is 13.7. The number of anilines is 1. The number of carbonyl (C=O) groups is 2. The molecule has 1 aromatic carbocycles. The number of nitrogens with one attached hydrogen (secondary N) is 1. The van der Waals surface area contributed by atoms with Crippen molar-refractivity contribution < 1.29 is 40.7 Å². The van der Waals surface area contributed by atoms with Crippen LogP contribution in [0.5, 0.6) is 0 Å². The van der Waals surface area contributed by atoms with Crippen molar-refractivity contribution in [3.63, 3.8) is 0 Å². The Bertz CT molecular complexity index is 1140. The van der Waals surface area contributed by atoms with E-state index in [2.05, 4.69) is 19.2 Å². The van der Waals surface area contributed by atoms with Gasteiger partial charge in [0.05, 0.1) is 16.8 Å². The Hall–Kier alpha value is -2.52. The van der Waals surface area contributed by atoms with E-state index in [1.807, 2.05) is 6.08 Å². The van der Waals surface area contributed by atoms with Crippen LogP contribution in [0, 0.1) is 34.5 Å². The van der Waals surface area contributed by atoms with E-state index in [1.165, 1.54) is 6.08 Å². The first-order valence-electron chi connectivity index (χ1n) is 12.6. The van der Waals surface area contributed by atoms with Crippen LogP contribution < -0.4 is 5.32 Å². The summed E-state index contributed by atoms with van der Waals surface area (Å²) in [5.41, 5.74) is -5.06. The number of benzene rings is 1. The molecule has 3 aliphatic carbocycles. The second kappa shape index (κ2) is 8.50. The van der Waals surface area contributed by atoms with Gasteiger partial charge < -0.3 is 10.1 Å². The van der Waals surface area contributed by atoms with E-state index in [0.717, 1.165) is 31.4 Å². The molecule has 37 heavy (non-hydrogen) atoms. The highest BCUT2D eigenvalue weighted by Gasteiger charge is 2.60. The molecule has 1 N–H and O–H groups in total. The normalized spacial score (nSPS) is 37.3. The quantitative estimate of drug-likeness (QED) is 0.332. The Labute approximate surface area is 210 Å². The van der Waals surface area contributed by atoms with E-state index in [-0.39, 0.29) is 40.7 Å². The highest BCUT2D eigenvalue weighted by molar-refractivity contribution is 5.94. The smallest absolute Gasteiger partial charge is 0.419 e. The molecule has 1 unspecified atom stereocenters. The lowest BCUT2D eigenvalue weighted by molar-refractivity contribution is -0.166. The number of hydrogen-bond donors (Lipinski definition) is 1. The Kier molecular flexibility index (Phi) is 5.99. The fourth-order valence-electron chi connectivity index (χ4n) is 7.89. The number of esters is 1. The number of amides is 1. The van der Waals surface area contributed by atoms with Gasteiger partial charge in [0.1, 0.15) is 6.10 Å². The summed E-state index contributed by atoms with van der Waals surface area (Å²) in [6.45, 7) is 4.21. The van der Waals surface area contributed by atoms with E-state index in [4.69, 9.17) is 4.74 Å². The summed E-state index contributed by atoms with van der Waals surface area (Å²) in [7, 11) is 0. The molecule has 1 aliphatic heterocycles. The van der Waals surface area contributed by atoms with Crippen molar-refractivity contribution in [3.8, 4) is 0 Å². The molecule has 3 fully saturated rings. The molecule has 0 bridgehead atoms. The zero-order valence-electron chi connectivity index (χ0n) is 20.5. The van der Waals surface area contributed by atoms with Crippen molar-refractivity contribution in [3.05, 3.63) is 41.5 Å². The first-order chi connectivity index (χ1) is 17.1. The monoisotopic (exact) mass is 529 g/mol. The molecule has 10 heteroatoms. The second-order valence-electron chi connectivity index (χ2n) is 11.6. The lowest BCUT2D eigenvalue weighted by Crippen LogP contribution is -2.54. The number of hydrogen-bond acceptors (Lipinski definition) is 3. The summed E-state index contributed by atoms with van der Waals surface area (Å²) in [5.74, 6) is -0.964. The van der Waals surface area contributed by atoms with Crippen molar-refractivity contribution in [1.82, 2.24) is 0 Å². The summed E-state index contributed by atoms with van der Waals surface area (Å²) in [4.78, 5) is 25.0. The van der Waals surface area contributed by atoms with Gasteiger partial charge in [-0.15, -0.1) is 0 Å². The maximum absolute atomic E-state index is 13.7. The Balaban J connectivity index is 1.38. The number of alkyl halides is 6. The Morgan fingerprint density at radius 3 is 2.43 bits per heavy atom. The first kappa shape index (κ1) is 26.1. The van der Waals surface area contributed by atoms with Crippen molar-refractivity contribution in [2.45, 2.75) is 70.8 Å². The van der Waals surface area contributed by atoms with Crippen molar-refractivity contribution in [2.24, 2.45) is 34.5 Å². The van der Waals surface area contributed by atoms with Crippen molar-refractivity contribution in [1.29, 1.82) is 0 Å². The molecule has 0 radical (unpaired) electrons. The molecule has 5 rings (SSSR count). The zero-order chi connectivity index (χ0) is 27.0. The van der Waals surface area contributed by atoms with E-state index >= 15 is 0 Å². The van der Waals surface area contributed by atoms with Gasteiger partial charge in [0.2, 0.25) is 5.91 Å². The Morgan fingerprint density at radius 2 is 1.76 bits per heavy atom. The molecular weight excluding hydrogens is 500 g/mol. The molecule has 3 saturated carbocycles. The van der Waals surface area contributed by atoms with Crippen LogP contribution in [0.25, 0.3) is 0 Å². The molecule has 0 aromatic heterocycles. The van der Waals surface area contributed by atoms with Crippen LogP contribution in [0.4, 0.5) is 32.0 Å². The van der Waals surface area contributed by atoms with Gasteiger partial charge in [-0.25, -0.2) is 4.79 Å². The largest absolute Gasteiger partial charge is 0.458 e. The minimum absolute atomic E-state index is 0.148. The number of halogens is 6. The van der Waals surface area contributed by atoms with Crippen LogP contribution in [-0.4, -0.2) is 18.0 Å². The summed E-state index contributed by atoms with van der Waals surface area (Å²) in [6, 6.07) is 2.11. The van der Waals surface area contributed by atoms with E-state index in [9.17, 15) is 35.9 Å². The van der Waals surface area contributed by atoms with E-state index in [0.29, 0.717) is 25.3 Å². The highest BCUT2D eigenvalue weighted by atomic mass is 19.4. The van der Waals surface area contributed by atoms with Gasteiger partial charge in [-0.2, -0.15) is 26.3 Å². The van der Waals surface area contributed by atoms with Gasteiger partial charge in [-0.05, 0) is 73.8 Å². The molecule has 0 saturated heterocycles. The summed E-state index contributed by atoms with van der Waals surface area (Å²) < 4.78 is 86.6. The molecule has 1 amide bonds. The number of rotatable bonds is 2. The van der Waals surface area contributed by atoms with Gasteiger partial charge in [-0.1, -0.05) is 26.0 Å². The molecule has 202 valence electrons. The summed E-state index contributed by atoms with van der Waals surface area (Å²) in [5, 5.41) is 2.20. The molecular formula is C27H29F6NO3. The number of ether oxygens (including phenoxy) is 1. The maximum Gasteiger partial charge on any atom is 0.419 e. The van der Waals surface area contributed by atoms with Crippen molar-refractivity contribution in [2.75, 3.05) is 5.32 Å². The average Bonchev–Trinajstić information content (AvgIpc) is 3.16. The first-order valence-corrected chi connectivity index (χ1v) is 12.6. The summed E-state index contributed by atoms with van der Waals surface area (Å²) >= 11 is 0. The molecule has 1 heterocycles. The van der Waals surface area contributed by atoms with E-state index in [1.54, 1.807) is 0 Å². The minimum atomic E-state index is -5.29. The van der Waals surface area contributed by atoms with Gasteiger partial charge in [0, 0.05) is 17.4 Å². The average molecular weight is 530 g/mol. The topological polar surface area (TPSA) is 55.4 Å². The van der Waals surface area contributed by atoms with Gasteiger partial charge in [0.25, 0.3) is 0 Å². The SMILES string of the molecule is C[C@]12CC[C@H]3[C@@H](CCC4OC(=O)C=C[C@@]43C)[C@@H]1C[C@H](C(=O)Nc1cccc(C(F)(F)F)c1C(F)(F)F)C2. The number of carbonyl (C=O) groups excluding carboxylic acids is 2. The summed E-state index contributed by atoms with van der Waals surface area (Å²) in [6.07, 6.45) is -3.10. The zero-order valence-corrected chi connectivity index (χ0v) is 20.5. The van der Waals surface area contributed by atoms with Gasteiger partial charge in [0.15, 0.2) is 0 Å². The molecule has 7 atom stereocenters. The standard InChI is InChI=1S/C27H29F6NO3/c1-24-10-8-16-15(6-7-20-25(16,2)11-9-21(35)37-20)18(24)12-14(13-24)23(36)34-19-5-3-4-17(26(28,29)30)22(19)27(31,32)33/h3-5,9,11,14-16,18,20H,6-8,10,12-13H2,1-2H3,(H,34,36)/t14-,15+,16-,18-,20?,24+,25+/m0/s1. The molecule has 0 spiro atoms. The predicted molar refractivity (Wildman–Crippen MR) is 122 cm³/mol. The van der Waals surface area contributed by atoms with Crippen LogP contribution >= 0.6 is 0 Å². The Morgan fingerprint density at radius 1 is 1.03 bits per heavy atom. The number of fused-ring (bicyclic) bond motifs is 5. The third-order valence-corrected chi connectivity index (χ3v) is 9.58. The third kappa shape index (κ3) is 4.34.